The summed E-state index contributed by atoms with van der Waals surface area (Å²) in [4.78, 5) is 58.7. The number of unbranched alkanes of at least 4 members (excludes halogenated alkanes) is 19. The second kappa shape index (κ2) is 76.3. The second-order valence-electron chi connectivity index (χ2n) is 25.4. The van der Waals surface area contributed by atoms with Gasteiger partial charge in [-0.05, 0) is 161 Å². The zero-order valence-electron chi connectivity index (χ0n) is 63.7. The Morgan fingerprint density at radius 2 is 0.515 bits per heavy atom. The van der Waals surface area contributed by atoms with Gasteiger partial charge in [-0.3, -0.25) is 32.5 Å². The van der Waals surface area contributed by atoms with Gasteiger partial charge in [0, 0.05) is 19.3 Å². The summed E-state index contributed by atoms with van der Waals surface area (Å²) in [5.41, 5.74) is 0. The smallest absolute Gasteiger partial charge is 0.463 e. The van der Waals surface area contributed by atoms with Crippen LogP contribution in [0.2, 0.25) is 0 Å². The maximum absolute atomic E-state index is 13.0. The van der Waals surface area contributed by atoms with Crippen molar-refractivity contribution >= 4 is 33.6 Å². The van der Waals surface area contributed by atoms with Gasteiger partial charge in [0.25, 0.3) is 0 Å². The quantitative estimate of drug-likeness (QED) is 0.0146. The molecule has 0 aliphatic heterocycles. The minimum absolute atomic E-state index is 0.0512. The molecule has 0 aromatic rings. The molecule has 16 nitrogen and oxygen atoms in total. The third kappa shape index (κ3) is 77.6. The minimum Gasteiger partial charge on any atom is -0.463 e. The van der Waals surface area contributed by atoms with Crippen LogP contribution in [0.15, 0.2) is 182 Å². The first-order valence-corrected chi connectivity index (χ1v) is 42.1. The van der Waals surface area contributed by atoms with Gasteiger partial charge in [0.1, 0.15) is 25.4 Å². The average molecular weight is 1480 g/mol. The van der Waals surface area contributed by atoms with E-state index in [1.54, 1.807) is 0 Å². The summed E-state index contributed by atoms with van der Waals surface area (Å²) in [5.74, 6) is -1.66. The molecule has 0 amide bonds. The van der Waals surface area contributed by atoms with E-state index >= 15 is 0 Å². The lowest BCUT2D eigenvalue weighted by Gasteiger charge is -2.21. The molecule has 0 radical (unpaired) electrons. The number of hydrogen-bond acceptors (Lipinski definition) is 14. The van der Waals surface area contributed by atoms with Crippen LogP contribution in [0.3, 0.4) is 0 Å². The van der Waals surface area contributed by atoms with Crippen molar-refractivity contribution in [3.63, 3.8) is 0 Å². The zero-order valence-corrected chi connectivity index (χ0v) is 65.5. The molecule has 103 heavy (non-hydrogen) atoms. The van der Waals surface area contributed by atoms with Gasteiger partial charge in [0.15, 0.2) is 6.10 Å². The fourth-order valence-corrected chi connectivity index (χ4v) is 11.3. The highest BCUT2D eigenvalue weighted by Crippen LogP contribution is 2.45. The Balaban J connectivity index is 4.74. The third-order valence-corrected chi connectivity index (χ3v) is 17.5. The molecule has 0 aliphatic carbocycles. The molecule has 0 aromatic heterocycles. The Hall–Kier alpha value is -5.35. The molecular formula is C85H138O16P2. The van der Waals surface area contributed by atoms with E-state index in [0.717, 1.165) is 167 Å². The van der Waals surface area contributed by atoms with Crippen molar-refractivity contribution in [3.05, 3.63) is 182 Å². The molecule has 0 saturated carbocycles. The number of carbonyl (C=O) groups excluding carboxylic acids is 3. The predicted molar refractivity (Wildman–Crippen MR) is 426 cm³/mol. The molecular weight excluding hydrogens is 1340 g/mol. The SMILES string of the molecule is CC/C=C\C/C=C\C/C=C\C/C=C\C/C=C\C/C=C\CCCCCCC(=O)OCC(COP(=O)(O)OCC(O)COP(=O)(O)OCC(O)COC(=O)CCCCCCCCCCC/C=C\C/C=C\C/C=C\C/C=C\CCCCC)OC(=O)CCCCC/C=C\C/C=C\C/C=C\C/C=C\C/C=C\CC. The fraction of sp³-hybridized carbons (Fsp3) is 0.612. The van der Waals surface area contributed by atoms with Gasteiger partial charge in [-0.25, -0.2) is 9.13 Å². The molecule has 5 unspecified atom stereocenters. The molecule has 584 valence electrons. The van der Waals surface area contributed by atoms with Crippen molar-refractivity contribution in [2.75, 3.05) is 39.6 Å². The Labute approximate surface area is 624 Å². The number of esters is 3. The number of allylic oxidation sites excluding steroid dienone is 30. The van der Waals surface area contributed by atoms with Crippen LogP contribution in [0.5, 0.6) is 0 Å². The molecule has 18 heteroatoms. The van der Waals surface area contributed by atoms with Gasteiger partial charge in [-0.15, -0.1) is 0 Å². The molecule has 0 heterocycles. The predicted octanol–water partition coefficient (Wildman–Crippen LogP) is 23.0. The standard InChI is InChI=1S/C85H138O16P2/c1-4-7-10-13-16-19-22-25-28-31-34-36-38-39-41-43-45-47-50-53-56-59-62-65-68-71-83(88)95-74-80(86)75-97-102(91,92)98-76-81(87)77-99-103(93,94)100-79-82(101-85(90)73-70-67-64-61-58-55-52-49-44-33-30-27-24-21-18-15-12-9-6-3)78-96-84(89)72-69-66-63-60-57-54-51-48-46-42-40-37-35-32-29-26-23-20-17-14-11-8-5-2/h8-9,11-12,16-21,25-30,34-37,39,41-42,44,46,49,51,54-55,58,80-82,86-87H,4-7,10,13-15,22-24,31-33,38,40,43,45,47-48,50,52-53,56-57,59-79H2,1-3H3,(H,91,92)(H,93,94)/b11-8-,12-9-,19-16-,20-17-,21-18-,28-25-,29-26-,30-27-,36-34-,37-35-,41-39-,46-42-,49-44-,54-51-,58-55-. The largest absolute Gasteiger partial charge is 0.472 e. The highest BCUT2D eigenvalue weighted by molar-refractivity contribution is 7.47. The fourth-order valence-electron chi connectivity index (χ4n) is 9.70. The van der Waals surface area contributed by atoms with Crippen LogP contribution >= 0.6 is 15.6 Å². The number of hydrogen-bond donors (Lipinski definition) is 4. The zero-order chi connectivity index (χ0) is 75.2. The molecule has 0 saturated heterocycles. The first-order chi connectivity index (χ1) is 50.2. The van der Waals surface area contributed by atoms with E-state index < -0.39 is 91.5 Å². The van der Waals surface area contributed by atoms with Crippen LogP contribution in [0, 0.1) is 0 Å². The van der Waals surface area contributed by atoms with Gasteiger partial charge in [0.2, 0.25) is 0 Å². The van der Waals surface area contributed by atoms with E-state index in [1.165, 1.54) is 51.4 Å². The number of rotatable bonds is 72. The normalized spacial score (nSPS) is 15.0. The molecule has 0 aromatic carbocycles. The van der Waals surface area contributed by atoms with E-state index in [0.29, 0.717) is 19.3 Å². The Morgan fingerprint density at radius 1 is 0.282 bits per heavy atom. The van der Waals surface area contributed by atoms with Crippen LogP contribution in [0.1, 0.15) is 278 Å². The monoisotopic (exact) mass is 1480 g/mol. The number of aliphatic hydroxyl groups is 2. The van der Waals surface area contributed by atoms with E-state index in [4.69, 9.17) is 32.3 Å². The van der Waals surface area contributed by atoms with E-state index in [-0.39, 0.29) is 19.3 Å². The first-order valence-electron chi connectivity index (χ1n) is 39.1. The van der Waals surface area contributed by atoms with Crippen molar-refractivity contribution in [2.45, 2.75) is 296 Å². The van der Waals surface area contributed by atoms with E-state index in [1.807, 2.05) is 0 Å². The van der Waals surface area contributed by atoms with Crippen LogP contribution in [0.4, 0.5) is 0 Å². The molecule has 0 bridgehead atoms. The maximum Gasteiger partial charge on any atom is 0.472 e. The first kappa shape index (κ1) is 97.7. The molecule has 5 atom stereocenters. The lowest BCUT2D eigenvalue weighted by molar-refractivity contribution is -0.161. The number of aliphatic hydroxyl groups excluding tert-OH is 2. The summed E-state index contributed by atoms with van der Waals surface area (Å²) >= 11 is 0. The molecule has 0 aliphatic rings. The topological polar surface area (TPSA) is 231 Å². The summed E-state index contributed by atoms with van der Waals surface area (Å²) in [5, 5.41) is 20.6. The highest BCUT2D eigenvalue weighted by Gasteiger charge is 2.29. The lowest BCUT2D eigenvalue weighted by Crippen LogP contribution is -2.30. The van der Waals surface area contributed by atoms with Gasteiger partial charge in [0.05, 0.1) is 26.4 Å². The van der Waals surface area contributed by atoms with Crippen LogP contribution in [-0.4, -0.2) is 95.9 Å². The van der Waals surface area contributed by atoms with Gasteiger partial charge in [-0.2, -0.15) is 0 Å². The van der Waals surface area contributed by atoms with Crippen molar-refractivity contribution < 1.29 is 75.8 Å². The van der Waals surface area contributed by atoms with Crippen molar-refractivity contribution in [1.29, 1.82) is 0 Å². The molecule has 0 spiro atoms. The minimum atomic E-state index is -4.96. The number of ether oxygens (including phenoxy) is 3. The maximum atomic E-state index is 13.0. The second-order valence-corrected chi connectivity index (χ2v) is 28.3. The summed E-state index contributed by atoms with van der Waals surface area (Å²) in [7, 11) is -9.83. The third-order valence-electron chi connectivity index (χ3n) is 15.6. The van der Waals surface area contributed by atoms with E-state index in [9.17, 15) is 43.5 Å². The lowest BCUT2D eigenvalue weighted by atomic mass is 10.1. The summed E-state index contributed by atoms with van der Waals surface area (Å²) < 4.78 is 61.1. The Bertz CT molecular complexity index is 2600. The Kier molecular flexibility index (Phi) is 72.3. The summed E-state index contributed by atoms with van der Waals surface area (Å²) in [6, 6.07) is 0. The van der Waals surface area contributed by atoms with Gasteiger partial charge in [-0.1, -0.05) is 280 Å². The van der Waals surface area contributed by atoms with Gasteiger partial charge < -0.3 is 34.2 Å². The van der Waals surface area contributed by atoms with E-state index in [2.05, 4.69) is 203 Å². The molecule has 4 N–H and O–H groups in total. The Morgan fingerprint density at radius 3 is 0.825 bits per heavy atom. The summed E-state index contributed by atoms with van der Waals surface area (Å²) in [6.45, 7) is 2.33. The molecule has 0 rings (SSSR count). The van der Waals surface area contributed by atoms with Crippen molar-refractivity contribution in [1.82, 2.24) is 0 Å². The number of phosphoric ester groups is 2. The summed E-state index contributed by atoms with van der Waals surface area (Å²) in [6.07, 6.45) is 97.8. The van der Waals surface area contributed by atoms with Crippen LogP contribution in [0.25, 0.3) is 0 Å². The molecule has 0 fully saturated rings. The van der Waals surface area contributed by atoms with Crippen molar-refractivity contribution in [3.8, 4) is 0 Å². The number of carbonyl (C=O) groups is 3. The van der Waals surface area contributed by atoms with Gasteiger partial charge >= 0.3 is 33.6 Å². The average Bonchev–Trinajstić information content (AvgIpc) is 0.939. The van der Waals surface area contributed by atoms with Crippen LogP contribution in [-0.2, 0) is 55.8 Å². The van der Waals surface area contributed by atoms with Crippen LogP contribution < -0.4 is 0 Å². The highest BCUT2D eigenvalue weighted by atomic mass is 31.2. The number of phosphoric acid groups is 2. The van der Waals surface area contributed by atoms with Crippen molar-refractivity contribution in [2.24, 2.45) is 0 Å².